The van der Waals surface area contributed by atoms with Gasteiger partial charge in [0.25, 0.3) is 0 Å². The van der Waals surface area contributed by atoms with Crippen LogP contribution in [0.3, 0.4) is 0 Å². The number of amides is 1. The van der Waals surface area contributed by atoms with Crippen LogP contribution in [0.5, 0.6) is 0 Å². The number of hydrogen-bond donors (Lipinski definition) is 0. The van der Waals surface area contributed by atoms with E-state index >= 15 is 0 Å². The van der Waals surface area contributed by atoms with E-state index in [0.717, 1.165) is 43.6 Å². The average Bonchev–Trinajstić information content (AvgIpc) is 2.93. The van der Waals surface area contributed by atoms with Crippen LogP contribution in [0.15, 0.2) is 0 Å². The van der Waals surface area contributed by atoms with E-state index in [1.165, 1.54) is 38.5 Å². The minimum atomic E-state index is 0.343. The van der Waals surface area contributed by atoms with Crippen molar-refractivity contribution in [2.45, 2.75) is 90.7 Å². The van der Waals surface area contributed by atoms with Gasteiger partial charge in [0.1, 0.15) is 0 Å². The third-order valence-corrected chi connectivity index (χ3v) is 8.84. The molecule has 4 fully saturated rings. The van der Waals surface area contributed by atoms with Gasteiger partial charge in [-0.2, -0.15) is 0 Å². The Morgan fingerprint density at radius 2 is 1.96 bits per heavy atom. The maximum absolute atomic E-state index is 12.2. The Morgan fingerprint density at radius 3 is 2.72 bits per heavy atom. The second-order valence-corrected chi connectivity index (χ2v) is 10.1. The fourth-order valence-corrected chi connectivity index (χ4v) is 7.56. The second-order valence-electron chi connectivity index (χ2n) is 10.1. The molecule has 1 saturated heterocycles. The van der Waals surface area contributed by atoms with Crippen molar-refractivity contribution in [2.24, 2.45) is 28.6 Å². The number of carbonyl (C=O) groups is 1. The molecule has 3 nitrogen and oxygen atoms in total. The van der Waals surface area contributed by atoms with E-state index in [1.54, 1.807) is 0 Å². The van der Waals surface area contributed by atoms with E-state index in [2.05, 4.69) is 32.7 Å². The minimum absolute atomic E-state index is 0.343. The zero-order valence-corrected chi connectivity index (χ0v) is 16.7. The lowest BCUT2D eigenvalue weighted by Gasteiger charge is -2.61. The Labute approximate surface area is 153 Å². The number of likely N-dealkylation sites (tertiary alicyclic amines) is 1. The summed E-state index contributed by atoms with van der Waals surface area (Å²) in [6.07, 6.45) is 11.3. The van der Waals surface area contributed by atoms with Crippen LogP contribution in [0, 0.1) is 28.6 Å². The molecule has 0 radical (unpaired) electrons. The Hall–Kier alpha value is -0.570. The first-order valence-corrected chi connectivity index (χ1v) is 10.8. The van der Waals surface area contributed by atoms with Crippen LogP contribution >= 0.6 is 0 Å². The number of fused-ring (bicyclic) bond motifs is 5. The van der Waals surface area contributed by atoms with Gasteiger partial charge in [-0.1, -0.05) is 20.8 Å². The van der Waals surface area contributed by atoms with E-state index in [-0.39, 0.29) is 0 Å². The second kappa shape index (κ2) is 6.25. The number of ether oxygens (including phenoxy) is 1. The average molecular weight is 348 g/mol. The van der Waals surface area contributed by atoms with Gasteiger partial charge in [-0.05, 0) is 80.0 Å². The van der Waals surface area contributed by atoms with Crippen LogP contribution in [0.4, 0.5) is 0 Å². The first-order valence-electron chi connectivity index (χ1n) is 10.8. The quantitative estimate of drug-likeness (QED) is 0.744. The SMILES string of the molecule is CCCO[C@H]1CC2C3CCC4N(C)C(=O)CC[C@]4(C)C3CC[C@]2(C)C1. The lowest BCUT2D eigenvalue weighted by molar-refractivity contribution is -0.156. The van der Waals surface area contributed by atoms with Gasteiger partial charge in [0.05, 0.1) is 6.10 Å². The van der Waals surface area contributed by atoms with Crippen molar-refractivity contribution in [2.75, 3.05) is 13.7 Å². The van der Waals surface area contributed by atoms with Gasteiger partial charge in [-0.25, -0.2) is 0 Å². The molecule has 0 aromatic heterocycles. The van der Waals surface area contributed by atoms with Crippen molar-refractivity contribution in [3.63, 3.8) is 0 Å². The molecule has 0 aromatic rings. The standard InChI is InChI=1S/C22H37NO2/c1-5-12-25-15-13-18-16-6-7-19-22(3,11-9-20(24)23(19)4)17(16)8-10-21(18,2)14-15/h15-19H,5-14H2,1-4H3/t15-,16?,17?,18?,19?,21+,22+/m0/s1. The van der Waals surface area contributed by atoms with Crippen LogP contribution in [0.2, 0.25) is 0 Å². The van der Waals surface area contributed by atoms with Gasteiger partial charge in [0.2, 0.25) is 5.91 Å². The Bertz CT molecular complexity index is 534. The van der Waals surface area contributed by atoms with Crippen LogP contribution in [0.25, 0.3) is 0 Å². The van der Waals surface area contributed by atoms with Crippen molar-refractivity contribution in [3.8, 4) is 0 Å². The number of rotatable bonds is 3. The zero-order valence-electron chi connectivity index (χ0n) is 16.7. The molecule has 1 heterocycles. The molecule has 25 heavy (non-hydrogen) atoms. The Kier molecular flexibility index (Phi) is 4.46. The normalized spacial score (nSPS) is 49.5. The van der Waals surface area contributed by atoms with Crippen molar-refractivity contribution in [1.29, 1.82) is 0 Å². The molecule has 142 valence electrons. The predicted octanol–water partition coefficient (Wildman–Crippen LogP) is 4.65. The first-order chi connectivity index (χ1) is 11.9. The number of nitrogens with zero attached hydrogens (tertiary/aromatic N) is 1. The third-order valence-electron chi connectivity index (χ3n) is 8.84. The lowest BCUT2D eigenvalue weighted by Crippen LogP contribution is -2.61. The summed E-state index contributed by atoms with van der Waals surface area (Å²) < 4.78 is 6.20. The zero-order chi connectivity index (χ0) is 17.8. The fraction of sp³-hybridized carbons (Fsp3) is 0.955. The van der Waals surface area contributed by atoms with Gasteiger partial charge >= 0.3 is 0 Å². The number of carbonyl (C=O) groups excluding carboxylic acids is 1. The molecule has 7 atom stereocenters. The van der Waals surface area contributed by atoms with Gasteiger partial charge in [-0.3, -0.25) is 4.79 Å². The summed E-state index contributed by atoms with van der Waals surface area (Å²) in [5, 5.41) is 0. The largest absolute Gasteiger partial charge is 0.378 e. The molecule has 0 spiro atoms. The fourth-order valence-electron chi connectivity index (χ4n) is 7.56. The molecule has 4 rings (SSSR count). The molecule has 4 unspecified atom stereocenters. The van der Waals surface area contributed by atoms with E-state index in [4.69, 9.17) is 4.74 Å². The van der Waals surface area contributed by atoms with Gasteiger partial charge in [0.15, 0.2) is 0 Å². The van der Waals surface area contributed by atoms with Crippen LogP contribution < -0.4 is 0 Å². The summed E-state index contributed by atoms with van der Waals surface area (Å²) in [5.41, 5.74) is 0.842. The molecule has 1 amide bonds. The van der Waals surface area contributed by atoms with E-state index in [1.807, 2.05) is 0 Å². The van der Waals surface area contributed by atoms with Crippen LogP contribution in [-0.4, -0.2) is 36.6 Å². The highest BCUT2D eigenvalue weighted by Crippen LogP contribution is 2.64. The van der Waals surface area contributed by atoms with Crippen molar-refractivity contribution < 1.29 is 9.53 Å². The summed E-state index contributed by atoms with van der Waals surface area (Å²) in [5.74, 6) is 2.88. The van der Waals surface area contributed by atoms with Crippen LogP contribution in [0.1, 0.15) is 78.6 Å². The predicted molar refractivity (Wildman–Crippen MR) is 100 cm³/mol. The van der Waals surface area contributed by atoms with E-state index in [9.17, 15) is 4.79 Å². The molecule has 3 saturated carbocycles. The highest BCUT2D eigenvalue weighted by molar-refractivity contribution is 5.77. The third kappa shape index (κ3) is 2.67. The van der Waals surface area contributed by atoms with Crippen molar-refractivity contribution in [1.82, 2.24) is 4.90 Å². The van der Waals surface area contributed by atoms with Gasteiger partial charge in [0, 0.05) is 26.1 Å². The van der Waals surface area contributed by atoms with Crippen molar-refractivity contribution >= 4 is 5.91 Å². The molecular formula is C22H37NO2. The Balaban J connectivity index is 1.55. The summed E-state index contributed by atoms with van der Waals surface area (Å²) in [7, 11) is 2.06. The summed E-state index contributed by atoms with van der Waals surface area (Å²) in [4.78, 5) is 14.3. The molecule has 0 N–H and O–H groups in total. The number of piperidine rings is 1. The van der Waals surface area contributed by atoms with Crippen molar-refractivity contribution in [3.05, 3.63) is 0 Å². The van der Waals surface area contributed by atoms with Gasteiger partial charge < -0.3 is 9.64 Å². The van der Waals surface area contributed by atoms with E-state index in [0.29, 0.717) is 28.9 Å². The lowest BCUT2D eigenvalue weighted by atomic mass is 9.47. The summed E-state index contributed by atoms with van der Waals surface area (Å²) >= 11 is 0. The monoisotopic (exact) mass is 347 g/mol. The molecule has 0 bridgehead atoms. The Morgan fingerprint density at radius 1 is 1.16 bits per heavy atom. The smallest absolute Gasteiger partial charge is 0.222 e. The van der Waals surface area contributed by atoms with Crippen LogP contribution in [-0.2, 0) is 9.53 Å². The highest BCUT2D eigenvalue weighted by Gasteiger charge is 2.60. The molecule has 3 heteroatoms. The summed E-state index contributed by atoms with van der Waals surface area (Å²) in [6.45, 7) is 8.20. The maximum Gasteiger partial charge on any atom is 0.222 e. The first kappa shape index (κ1) is 17.8. The molecule has 1 aliphatic heterocycles. The minimum Gasteiger partial charge on any atom is -0.378 e. The molecule has 3 aliphatic carbocycles. The van der Waals surface area contributed by atoms with E-state index < -0.39 is 0 Å². The van der Waals surface area contributed by atoms with Gasteiger partial charge in [-0.15, -0.1) is 0 Å². The maximum atomic E-state index is 12.2. The highest BCUT2D eigenvalue weighted by atomic mass is 16.5. The number of hydrogen-bond acceptors (Lipinski definition) is 2. The molecule has 4 aliphatic rings. The molecular weight excluding hydrogens is 310 g/mol. The summed E-state index contributed by atoms with van der Waals surface area (Å²) in [6, 6.07) is 0.480. The topological polar surface area (TPSA) is 29.5 Å². The molecule has 0 aromatic carbocycles.